The van der Waals surface area contributed by atoms with Crippen LogP contribution in [0.4, 0.5) is 5.69 Å². The number of nitrogens with zero attached hydrogens (tertiary/aromatic N) is 1. The van der Waals surface area contributed by atoms with E-state index in [1.165, 1.54) is 7.05 Å². The summed E-state index contributed by atoms with van der Waals surface area (Å²) in [5.74, 6) is 1.00. The summed E-state index contributed by atoms with van der Waals surface area (Å²) in [6.07, 6.45) is 1.16. The average Bonchev–Trinajstić information content (AvgIpc) is 2.65. The molecule has 0 atom stereocenters. The first kappa shape index (κ1) is 21.6. The van der Waals surface area contributed by atoms with Gasteiger partial charge in [0.25, 0.3) is 5.91 Å². The summed E-state index contributed by atoms with van der Waals surface area (Å²) in [5.41, 5.74) is 1.80. The Hall–Kier alpha value is -2.74. The lowest BCUT2D eigenvalue weighted by Crippen LogP contribution is -2.25. The molecule has 1 N–H and O–H groups in total. The van der Waals surface area contributed by atoms with E-state index < -0.39 is 10.0 Å². The van der Waals surface area contributed by atoms with Crippen molar-refractivity contribution >= 4 is 21.6 Å². The third-order valence-electron chi connectivity index (χ3n) is 4.03. The fraction of sp³-hybridized carbons (Fsp3) is 0.350. The summed E-state index contributed by atoms with van der Waals surface area (Å²) in [4.78, 5) is 12.4. The lowest BCUT2D eigenvalue weighted by Gasteiger charge is -2.17. The first-order valence-electron chi connectivity index (χ1n) is 8.77. The van der Waals surface area contributed by atoms with E-state index in [4.69, 9.17) is 9.47 Å². The molecule has 0 unspecified atom stereocenters. The number of carbonyl (C=O) groups is 1. The molecule has 0 bridgehead atoms. The minimum absolute atomic E-state index is 0.0316. The largest absolute Gasteiger partial charge is 0.493 e. The number of methoxy groups -OCH3 is 1. The number of amides is 1. The van der Waals surface area contributed by atoms with Gasteiger partial charge in [-0.25, -0.2) is 8.42 Å². The highest BCUT2D eigenvalue weighted by atomic mass is 32.2. The van der Waals surface area contributed by atoms with Crippen molar-refractivity contribution in [3.8, 4) is 11.5 Å². The minimum Gasteiger partial charge on any atom is -0.493 e. The molecule has 0 spiro atoms. The lowest BCUT2D eigenvalue weighted by atomic mass is 10.1. The number of sulfonamides is 1. The Kier molecular flexibility index (Phi) is 6.90. The van der Waals surface area contributed by atoms with Crippen LogP contribution in [0, 0.1) is 0 Å². The fourth-order valence-electron chi connectivity index (χ4n) is 2.47. The molecule has 0 aliphatic rings. The monoisotopic (exact) mass is 406 g/mol. The zero-order valence-corrected chi connectivity index (χ0v) is 17.5. The molecule has 0 aliphatic heterocycles. The summed E-state index contributed by atoms with van der Waals surface area (Å²) in [6.45, 7) is 4.20. The normalized spacial score (nSPS) is 11.2. The van der Waals surface area contributed by atoms with E-state index in [1.54, 1.807) is 31.4 Å². The summed E-state index contributed by atoms with van der Waals surface area (Å²) in [7, 11) is -0.310. The van der Waals surface area contributed by atoms with Gasteiger partial charge in [-0.3, -0.25) is 9.10 Å². The van der Waals surface area contributed by atoms with Crippen LogP contribution in [0.1, 0.15) is 29.8 Å². The van der Waals surface area contributed by atoms with Gasteiger partial charge in [0, 0.05) is 19.2 Å². The molecule has 0 aromatic heterocycles. The van der Waals surface area contributed by atoms with Crippen LogP contribution < -0.4 is 19.1 Å². The Labute approximate surface area is 166 Å². The predicted molar refractivity (Wildman–Crippen MR) is 110 cm³/mol. The third-order valence-corrected chi connectivity index (χ3v) is 5.24. The molecule has 1 amide bonds. The molecule has 7 nitrogen and oxygen atoms in total. The van der Waals surface area contributed by atoms with Gasteiger partial charge in [-0.15, -0.1) is 0 Å². The molecule has 8 heteroatoms. The number of hydrogen-bond donors (Lipinski definition) is 1. The van der Waals surface area contributed by atoms with Crippen molar-refractivity contribution in [3.63, 3.8) is 0 Å². The smallest absolute Gasteiger partial charge is 0.251 e. The van der Waals surface area contributed by atoms with E-state index in [-0.39, 0.29) is 12.0 Å². The van der Waals surface area contributed by atoms with Crippen molar-refractivity contribution in [1.82, 2.24) is 5.32 Å². The maximum atomic E-state index is 12.4. The van der Waals surface area contributed by atoms with Crippen LogP contribution >= 0.6 is 0 Å². The first-order chi connectivity index (χ1) is 13.1. The highest BCUT2D eigenvalue weighted by molar-refractivity contribution is 7.92. The summed E-state index contributed by atoms with van der Waals surface area (Å²) < 4.78 is 35.3. The van der Waals surface area contributed by atoms with Gasteiger partial charge in [0.1, 0.15) is 0 Å². The van der Waals surface area contributed by atoms with Gasteiger partial charge in [0.15, 0.2) is 11.5 Å². The van der Waals surface area contributed by atoms with E-state index in [1.807, 2.05) is 32.0 Å². The molecule has 2 aromatic rings. The van der Waals surface area contributed by atoms with Crippen LogP contribution in [-0.4, -0.2) is 40.8 Å². The standard InChI is InChI=1S/C20H26N2O5S/c1-14(2)27-18-11-6-15(12-19(18)26-4)13-21-20(23)16-7-9-17(10-8-16)22(3)28(5,24)25/h6-12,14H,13H2,1-5H3,(H,21,23). The van der Waals surface area contributed by atoms with Gasteiger partial charge < -0.3 is 14.8 Å². The number of ether oxygens (including phenoxy) is 2. The molecular weight excluding hydrogens is 380 g/mol. The summed E-state index contributed by atoms with van der Waals surface area (Å²) >= 11 is 0. The van der Waals surface area contributed by atoms with E-state index in [0.717, 1.165) is 16.1 Å². The Balaban J connectivity index is 2.04. The molecule has 0 heterocycles. The Morgan fingerprint density at radius 1 is 1.11 bits per heavy atom. The molecule has 0 aliphatic carbocycles. The molecule has 0 saturated carbocycles. The zero-order valence-electron chi connectivity index (χ0n) is 16.7. The van der Waals surface area contributed by atoms with E-state index in [9.17, 15) is 13.2 Å². The van der Waals surface area contributed by atoms with Crippen LogP contribution in [0.5, 0.6) is 11.5 Å². The quantitative estimate of drug-likeness (QED) is 0.729. The minimum atomic E-state index is -3.34. The van der Waals surface area contributed by atoms with Gasteiger partial charge in [-0.05, 0) is 55.8 Å². The number of anilines is 1. The van der Waals surface area contributed by atoms with Crippen LogP contribution in [0.15, 0.2) is 42.5 Å². The van der Waals surface area contributed by atoms with E-state index in [0.29, 0.717) is 29.3 Å². The van der Waals surface area contributed by atoms with E-state index >= 15 is 0 Å². The van der Waals surface area contributed by atoms with Crippen LogP contribution in [0.3, 0.4) is 0 Å². The second kappa shape index (κ2) is 8.97. The molecular formula is C20H26N2O5S. The number of rotatable bonds is 8. The maximum absolute atomic E-state index is 12.4. The number of carbonyl (C=O) groups excluding carboxylic acids is 1. The van der Waals surface area contributed by atoms with Crippen molar-refractivity contribution < 1.29 is 22.7 Å². The Morgan fingerprint density at radius 3 is 2.29 bits per heavy atom. The summed E-state index contributed by atoms with van der Waals surface area (Å²) in [6, 6.07) is 11.9. The molecule has 0 fully saturated rings. The first-order valence-corrected chi connectivity index (χ1v) is 10.6. The maximum Gasteiger partial charge on any atom is 0.251 e. The second-order valence-corrected chi connectivity index (χ2v) is 8.63. The molecule has 0 radical (unpaired) electrons. The van der Waals surface area contributed by atoms with Gasteiger partial charge >= 0.3 is 0 Å². The second-order valence-electron chi connectivity index (χ2n) is 6.61. The highest BCUT2D eigenvalue weighted by Gasteiger charge is 2.13. The van der Waals surface area contributed by atoms with Crippen LogP contribution in [0.2, 0.25) is 0 Å². The van der Waals surface area contributed by atoms with Gasteiger partial charge in [0.2, 0.25) is 10.0 Å². The van der Waals surface area contributed by atoms with Gasteiger partial charge in [-0.2, -0.15) is 0 Å². The fourth-order valence-corrected chi connectivity index (χ4v) is 2.98. The van der Waals surface area contributed by atoms with Gasteiger partial charge in [-0.1, -0.05) is 6.07 Å². The van der Waals surface area contributed by atoms with E-state index in [2.05, 4.69) is 5.32 Å². The van der Waals surface area contributed by atoms with Crippen molar-refractivity contribution in [2.75, 3.05) is 24.7 Å². The predicted octanol–water partition coefficient (Wildman–Crippen LogP) is 2.81. The zero-order chi connectivity index (χ0) is 20.9. The topological polar surface area (TPSA) is 84.9 Å². The third kappa shape index (κ3) is 5.63. The van der Waals surface area contributed by atoms with Crippen LogP contribution in [0.25, 0.3) is 0 Å². The molecule has 152 valence electrons. The van der Waals surface area contributed by atoms with Crippen molar-refractivity contribution in [1.29, 1.82) is 0 Å². The Morgan fingerprint density at radius 2 is 1.75 bits per heavy atom. The molecule has 2 aromatic carbocycles. The number of nitrogens with one attached hydrogen (secondary N) is 1. The molecule has 28 heavy (non-hydrogen) atoms. The van der Waals surface area contributed by atoms with Crippen LogP contribution in [-0.2, 0) is 16.6 Å². The van der Waals surface area contributed by atoms with Crippen molar-refractivity contribution in [2.45, 2.75) is 26.5 Å². The molecule has 0 saturated heterocycles. The number of hydrogen-bond acceptors (Lipinski definition) is 5. The number of benzene rings is 2. The SMILES string of the molecule is COc1cc(CNC(=O)c2ccc(N(C)S(C)(=O)=O)cc2)ccc1OC(C)C. The van der Waals surface area contributed by atoms with Crippen molar-refractivity contribution in [3.05, 3.63) is 53.6 Å². The van der Waals surface area contributed by atoms with Gasteiger partial charge in [0.05, 0.1) is 25.2 Å². The molecule has 2 rings (SSSR count). The summed E-state index contributed by atoms with van der Waals surface area (Å²) in [5, 5.41) is 2.84. The Bertz CT molecular complexity index is 924. The van der Waals surface area contributed by atoms with Crippen molar-refractivity contribution in [2.24, 2.45) is 0 Å². The highest BCUT2D eigenvalue weighted by Crippen LogP contribution is 2.29. The average molecular weight is 407 g/mol. The lowest BCUT2D eigenvalue weighted by molar-refractivity contribution is 0.0951.